The molecule has 0 bridgehead atoms. The fourth-order valence-electron chi connectivity index (χ4n) is 4.33. The third-order valence-corrected chi connectivity index (χ3v) is 6.16. The predicted molar refractivity (Wildman–Crippen MR) is 147 cm³/mol. The molecule has 0 spiro atoms. The highest BCUT2D eigenvalue weighted by atomic mass is 16.5. The Kier molecular flexibility index (Phi) is 11.6. The lowest BCUT2D eigenvalue weighted by Gasteiger charge is -2.31. The molecular weight excluding hydrogens is 524 g/mol. The number of nitrogens with zero attached hydrogens (tertiary/aromatic N) is 2. The summed E-state index contributed by atoms with van der Waals surface area (Å²) >= 11 is 0. The van der Waals surface area contributed by atoms with Gasteiger partial charge in [0.25, 0.3) is 0 Å². The van der Waals surface area contributed by atoms with Gasteiger partial charge in [-0.2, -0.15) is 0 Å². The minimum Gasteiger partial charge on any atom is -0.488 e. The average Bonchev–Trinajstić information content (AvgIpc) is 2.86. The van der Waals surface area contributed by atoms with E-state index >= 15 is 0 Å². The molecule has 0 aliphatic carbocycles. The summed E-state index contributed by atoms with van der Waals surface area (Å²) in [6.07, 6.45) is 0.328. The van der Waals surface area contributed by atoms with Crippen molar-refractivity contribution in [3.8, 4) is 11.5 Å². The van der Waals surface area contributed by atoms with Gasteiger partial charge in [-0.1, -0.05) is 26.0 Å². The Morgan fingerprint density at radius 2 is 1.02 bits per heavy atom. The van der Waals surface area contributed by atoms with Crippen LogP contribution >= 0.6 is 0 Å². The highest BCUT2D eigenvalue weighted by Crippen LogP contribution is 2.33. The van der Waals surface area contributed by atoms with Crippen LogP contribution in [0.3, 0.4) is 0 Å². The van der Waals surface area contributed by atoms with Gasteiger partial charge in [0.2, 0.25) is 0 Å². The number of anilines is 2. The van der Waals surface area contributed by atoms with Crippen LogP contribution in [0.4, 0.5) is 11.4 Å². The predicted octanol–water partition coefficient (Wildman–Crippen LogP) is 3.27. The van der Waals surface area contributed by atoms with Crippen molar-refractivity contribution in [2.24, 2.45) is 0 Å². The van der Waals surface area contributed by atoms with Gasteiger partial charge >= 0.3 is 23.9 Å². The number of carboxylic acids is 4. The Morgan fingerprint density at radius 3 is 1.30 bits per heavy atom. The van der Waals surface area contributed by atoms with E-state index in [1.165, 1.54) is 9.80 Å². The average molecular weight is 561 g/mol. The van der Waals surface area contributed by atoms with Crippen molar-refractivity contribution in [3.63, 3.8) is 0 Å². The fraction of sp³-hybridized carbons (Fsp3) is 0.429. The van der Waals surface area contributed by atoms with Gasteiger partial charge in [-0.15, -0.1) is 0 Å². The number of carbonyl (C=O) groups is 4. The molecule has 0 saturated carbocycles. The van der Waals surface area contributed by atoms with Crippen molar-refractivity contribution in [1.29, 1.82) is 0 Å². The lowest BCUT2D eigenvalue weighted by molar-refractivity contribution is -0.141. The van der Waals surface area contributed by atoms with Crippen molar-refractivity contribution in [2.75, 3.05) is 36.1 Å². The van der Waals surface area contributed by atoms with Crippen molar-refractivity contribution in [3.05, 3.63) is 47.5 Å². The van der Waals surface area contributed by atoms with E-state index in [1.54, 1.807) is 50.2 Å². The Balaban J connectivity index is 2.31. The number of rotatable bonds is 17. The van der Waals surface area contributed by atoms with Gasteiger partial charge < -0.3 is 39.7 Å². The largest absolute Gasteiger partial charge is 0.488 e. The summed E-state index contributed by atoms with van der Waals surface area (Å²) in [4.78, 5) is 49.3. The Bertz CT molecular complexity index is 1120. The molecule has 0 fully saturated rings. The maximum absolute atomic E-state index is 11.8. The molecule has 0 aliphatic heterocycles. The van der Waals surface area contributed by atoms with Gasteiger partial charge in [-0.3, -0.25) is 9.59 Å². The second kappa shape index (κ2) is 14.6. The van der Waals surface area contributed by atoms with Crippen LogP contribution in [0.1, 0.15) is 37.8 Å². The molecule has 0 amide bonds. The first-order chi connectivity index (χ1) is 18.9. The summed E-state index contributed by atoms with van der Waals surface area (Å²) in [6.45, 7) is 5.78. The molecule has 0 saturated heterocycles. The molecule has 0 aliphatic rings. The molecule has 2 unspecified atom stereocenters. The molecule has 0 aromatic heterocycles. The first-order valence-corrected chi connectivity index (χ1v) is 12.8. The van der Waals surface area contributed by atoms with E-state index in [0.29, 0.717) is 11.4 Å². The van der Waals surface area contributed by atoms with Crippen LogP contribution in [-0.2, 0) is 19.2 Å². The standard InChI is InChI=1S/C28H36N2O10/c1-5-19(27(35)36)29(15-25(31)32)21-9-7-17(3)13-23(21)39-11-12-40-24-14-18(4)8-10-22(24)30(16-26(33)34)20(6-2)28(37)38/h7-10,13-14,19-20H,5-6,11-12,15-16H2,1-4H3,(H,31,32)(H,33,34)(H,35,36)(H,37,38). The molecule has 2 rings (SSSR count). The van der Waals surface area contributed by atoms with Crippen molar-refractivity contribution >= 4 is 35.3 Å². The van der Waals surface area contributed by atoms with E-state index in [2.05, 4.69) is 0 Å². The zero-order chi connectivity index (χ0) is 30.0. The van der Waals surface area contributed by atoms with Crippen LogP contribution in [0.15, 0.2) is 36.4 Å². The van der Waals surface area contributed by atoms with Gasteiger partial charge in [0.15, 0.2) is 0 Å². The van der Waals surface area contributed by atoms with E-state index < -0.39 is 49.1 Å². The Morgan fingerprint density at radius 1 is 0.675 bits per heavy atom. The summed E-state index contributed by atoms with van der Waals surface area (Å²) in [5, 5.41) is 38.2. The molecule has 0 radical (unpaired) electrons. The maximum atomic E-state index is 11.8. The maximum Gasteiger partial charge on any atom is 0.326 e. The van der Waals surface area contributed by atoms with E-state index in [9.17, 15) is 39.6 Å². The van der Waals surface area contributed by atoms with E-state index in [1.807, 2.05) is 13.8 Å². The molecule has 0 heterocycles. The van der Waals surface area contributed by atoms with Crippen molar-refractivity contribution in [1.82, 2.24) is 0 Å². The molecule has 218 valence electrons. The van der Waals surface area contributed by atoms with Gasteiger partial charge in [0.05, 0.1) is 11.4 Å². The number of hydrogen-bond donors (Lipinski definition) is 4. The van der Waals surface area contributed by atoms with Crippen LogP contribution < -0.4 is 19.3 Å². The summed E-state index contributed by atoms with van der Waals surface area (Å²) in [5.74, 6) is -4.17. The van der Waals surface area contributed by atoms with E-state index in [0.717, 1.165) is 11.1 Å². The lowest BCUT2D eigenvalue weighted by Crippen LogP contribution is -2.44. The SMILES string of the molecule is CCC(C(=O)O)N(CC(=O)O)c1ccc(C)cc1OCCOc1cc(C)ccc1N(CC(=O)O)C(CC)C(=O)O. The zero-order valence-electron chi connectivity index (χ0n) is 23.0. The Hall–Kier alpha value is -4.48. The highest BCUT2D eigenvalue weighted by molar-refractivity contribution is 5.84. The monoisotopic (exact) mass is 560 g/mol. The van der Waals surface area contributed by atoms with Gasteiger partial charge in [0, 0.05) is 0 Å². The second-order valence-corrected chi connectivity index (χ2v) is 9.21. The van der Waals surface area contributed by atoms with E-state index in [-0.39, 0.29) is 37.6 Å². The summed E-state index contributed by atoms with van der Waals surface area (Å²) in [7, 11) is 0. The van der Waals surface area contributed by atoms with Gasteiger partial charge in [-0.05, 0) is 62.1 Å². The zero-order valence-corrected chi connectivity index (χ0v) is 23.0. The summed E-state index contributed by atoms with van der Waals surface area (Å²) < 4.78 is 11.8. The second-order valence-electron chi connectivity index (χ2n) is 9.21. The minimum absolute atomic E-state index is 0.0241. The molecule has 12 heteroatoms. The molecular formula is C28H36N2O10. The van der Waals surface area contributed by atoms with Crippen LogP contribution in [-0.4, -0.2) is 82.7 Å². The Labute approximate surface area is 232 Å². The number of benzene rings is 2. The smallest absolute Gasteiger partial charge is 0.326 e. The molecule has 2 aromatic rings. The summed E-state index contributed by atoms with van der Waals surface area (Å²) in [5.41, 5.74) is 2.22. The number of aryl methyl sites for hydroxylation is 2. The first kappa shape index (κ1) is 31.7. The first-order valence-electron chi connectivity index (χ1n) is 12.8. The number of carboxylic acid groups (broad SMARTS) is 4. The topological polar surface area (TPSA) is 174 Å². The fourth-order valence-corrected chi connectivity index (χ4v) is 4.33. The van der Waals surface area contributed by atoms with E-state index in [4.69, 9.17) is 9.47 Å². The van der Waals surface area contributed by atoms with Crippen LogP contribution in [0.25, 0.3) is 0 Å². The third-order valence-electron chi connectivity index (χ3n) is 6.16. The number of aliphatic carboxylic acids is 4. The molecule has 2 aromatic carbocycles. The molecule has 40 heavy (non-hydrogen) atoms. The van der Waals surface area contributed by atoms with Crippen LogP contribution in [0, 0.1) is 13.8 Å². The lowest BCUT2D eigenvalue weighted by atomic mass is 10.1. The molecule has 12 nitrogen and oxygen atoms in total. The van der Waals surface area contributed by atoms with Crippen LogP contribution in [0.5, 0.6) is 11.5 Å². The summed E-state index contributed by atoms with van der Waals surface area (Å²) in [6, 6.07) is 7.84. The number of hydrogen-bond acceptors (Lipinski definition) is 8. The van der Waals surface area contributed by atoms with Crippen LogP contribution in [0.2, 0.25) is 0 Å². The number of ether oxygens (including phenoxy) is 2. The highest BCUT2D eigenvalue weighted by Gasteiger charge is 2.29. The van der Waals surface area contributed by atoms with Gasteiger partial charge in [0.1, 0.15) is 49.9 Å². The van der Waals surface area contributed by atoms with Gasteiger partial charge in [-0.25, -0.2) is 9.59 Å². The normalized spacial score (nSPS) is 12.2. The van der Waals surface area contributed by atoms with Crippen molar-refractivity contribution in [2.45, 2.75) is 52.6 Å². The third kappa shape index (κ3) is 8.52. The molecule has 2 atom stereocenters. The quantitative estimate of drug-likeness (QED) is 0.208. The van der Waals surface area contributed by atoms with Crippen molar-refractivity contribution < 1.29 is 49.1 Å². The minimum atomic E-state index is -1.20. The molecule has 4 N–H and O–H groups in total.